The number of amides is 2. The molecule has 0 aromatic carbocycles. The van der Waals surface area contributed by atoms with Gasteiger partial charge in [0.05, 0.1) is 0 Å². The maximum absolute atomic E-state index is 11.7. The third-order valence-corrected chi connectivity index (χ3v) is 4.39. The van der Waals surface area contributed by atoms with Crippen molar-refractivity contribution in [2.24, 2.45) is 0 Å². The SMILES string of the molecule is O=C(NC1CCNCC1)NC1CCCSC1. The molecule has 0 bridgehead atoms. The first-order valence-electron chi connectivity index (χ1n) is 6.20. The van der Waals surface area contributed by atoms with Crippen molar-refractivity contribution >= 4 is 17.8 Å². The summed E-state index contributed by atoms with van der Waals surface area (Å²) in [5.41, 5.74) is 0. The average molecular weight is 243 g/mol. The van der Waals surface area contributed by atoms with Gasteiger partial charge in [-0.05, 0) is 44.5 Å². The van der Waals surface area contributed by atoms with Crippen LogP contribution in [0, 0.1) is 0 Å². The molecular weight excluding hydrogens is 222 g/mol. The molecule has 2 aliphatic rings. The molecule has 2 rings (SSSR count). The van der Waals surface area contributed by atoms with E-state index in [0.29, 0.717) is 12.1 Å². The smallest absolute Gasteiger partial charge is 0.315 e. The molecule has 1 unspecified atom stereocenters. The third kappa shape index (κ3) is 3.87. The largest absolute Gasteiger partial charge is 0.335 e. The van der Waals surface area contributed by atoms with Gasteiger partial charge in [0.25, 0.3) is 0 Å². The van der Waals surface area contributed by atoms with Crippen molar-refractivity contribution < 1.29 is 4.79 Å². The number of nitrogens with one attached hydrogen (secondary N) is 3. The molecule has 4 nitrogen and oxygen atoms in total. The molecular formula is C11H21N3OS. The van der Waals surface area contributed by atoms with Crippen molar-refractivity contribution in [2.45, 2.75) is 37.8 Å². The van der Waals surface area contributed by atoms with Crippen LogP contribution in [-0.2, 0) is 0 Å². The van der Waals surface area contributed by atoms with Crippen LogP contribution >= 0.6 is 11.8 Å². The van der Waals surface area contributed by atoms with Gasteiger partial charge in [-0.1, -0.05) is 0 Å². The van der Waals surface area contributed by atoms with Crippen LogP contribution in [0.5, 0.6) is 0 Å². The highest BCUT2D eigenvalue weighted by Gasteiger charge is 2.19. The molecule has 0 aromatic heterocycles. The van der Waals surface area contributed by atoms with Gasteiger partial charge in [0.2, 0.25) is 0 Å². The van der Waals surface area contributed by atoms with Crippen molar-refractivity contribution in [2.75, 3.05) is 24.6 Å². The van der Waals surface area contributed by atoms with Gasteiger partial charge < -0.3 is 16.0 Å². The van der Waals surface area contributed by atoms with E-state index in [1.807, 2.05) is 11.8 Å². The molecule has 5 heteroatoms. The van der Waals surface area contributed by atoms with E-state index >= 15 is 0 Å². The van der Waals surface area contributed by atoms with E-state index in [9.17, 15) is 4.79 Å². The Bertz CT molecular complexity index is 203. The Labute approximate surface area is 101 Å². The fraction of sp³-hybridized carbons (Fsp3) is 0.909. The predicted octanol–water partition coefficient (Wildman–Crippen LogP) is 0.933. The molecule has 92 valence electrons. The van der Waals surface area contributed by atoms with E-state index in [-0.39, 0.29) is 6.03 Å². The van der Waals surface area contributed by atoms with Gasteiger partial charge in [-0.3, -0.25) is 0 Å². The molecule has 2 amide bonds. The summed E-state index contributed by atoms with van der Waals surface area (Å²) in [5, 5.41) is 9.44. The van der Waals surface area contributed by atoms with E-state index in [4.69, 9.17) is 0 Å². The fourth-order valence-electron chi connectivity index (χ4n) is 2.23. The standard InChI is InChI=1S/C11H21N3OS/c15-11(13-9-3-5-12-6-4-9)14-10-2-1-7-16-8-10/h9-10,12H,1-8H2,(H2,13,14,15). The highest BCUT2D eigenvalue weighted by atomic mass is 32.2. The van der Waals surface area contributed by atoms with E-state index in [2.05, 4.69) is 16.0 Å². The zero-order chi connectivity index (χ0) is 11.2. The van der Waals surface area contributed by atoms with E-state index in [1.54, 1.807) is 0 Å². The highest BCUT2D eigenvalue weighted by molar-refractivity contribution is 7.99. The number of piperidine rings is 1. The summed E-state index contributed by atoms with van der Waals surface area (Å²) in [5.74, 6) is 2.31. The lowest BCUT2D eigenvalue weighted by atomic mass is 10.1. The Morgan fingerprint density at radius 2 is 1.88 bits per heavy atom. The first-order chi connectivity index (χ1) is 7.84. The van der Waals surface area contributed by atoms with Gasteiger partial charge >= 0.3 is 6.03 Å². The number of hydrogen-bond acceptors (Lipinski definition) is 3. The van der Waals surface area contributed by atoms with Crippen LogP contribution in [0.25, 0.3) is 0 Å². The van der Waals surface area contributed by atoms with Gasteiger partial charge in [-0.15, -0.1) is 0 Å². The van der Waals surface area contributed by atoms with Crippen molar-refractivity contribution in [3.8, 4) is 0 Å². The lowest BCUT2D eigenvalue weighted by molar-refractivity contribution is 0.230. The van der Waals surface area contributed by atoms with Gasteiger partial charge in [-0.2, -0.15) is 11.8 Å². The Morgan fingerprint density at radius 3 is 2.56 bits per heavy atom. The molecule has 0 spiro atoms. The highest BCUT2D eigenvalue weighted by Crippen LogP contribution is 2.16. The summed E-state index contributed by atoms with van der Waals surface area (Å²) in [6.45, 7) is 2.04. The second-order valence-corrected chi connectivity index (χ2v) is 5.71. The van der Waals surface area contributed by atoms with Crippen LogP contribution in [0.3, 0.4) is 0 Å². The molecule has 2 aliphatic heterocycles. The minimum atomic E-state index is 0.0272. The topological polar surface area (TPSA) is 53.2 Å². The lowest BCUT2D eigenvalue weighted by Crippen LogP contribution is -2.50. The summed E-state index contributed by atoms with van der Waals surface area (Å²) in [6, 6.07) is 0.761. The lowest BCUT2D eigenvalue weighted by Gasteiger charge is -2.27. The van der Waals surface area contributed by atoms with E-state index in [0.717, 1.165) is 38.1 Å². The Morgan fingerprint density at radius 1 is 1.12 bits per heavy atom. The second kappa shape index (κ2) is 6.35. The van der Waals surface area contributed by atoms with Crippen molar-refractivity contribution in [1.82, 2.24) is 16.0 Å². The van der Waals surface area contributed by atoms with Crippen LogP contribution < -0.4 is 16.0 Å². The Balaban J connectivity index is 1.66. The molecule has 2 saturated heterocycles. The van der Waals surface area contributed by atoms with Gasteiger partial charge in [-0.25, -0.2) is 4.79 Å². The second-order valence-electron chi connectivity index (χ2n) is 4.56. The maximum atomic E-state index is 11.7. The van der Waals surface area contributed by atoms with E-state index < -0.39 is 0 Å². The minimum absolute atomic E-state index is 0.0272. The minimum Gasteiger partial charge on any atom is -0.335 e. The number of carbonyl (C=O) groups excluding carboxylic acids is 1. The number of carbonyl (C=O) groups is 1. The van der Waals surface area contributed by atoms with Gasteiger partial charge in [0, 0.05) is 17.8 Å². The molecule has 2 fully saturated rings. The summed E-state index contributed by atoms with van der Waals surface area (Å²) < 4.78 is 0. The first kappa shape index (κ1) is 12.0. The predicted molar refractivity (Wildman–Crippen MR) is 67.9 cm³/mol. The summed E-state index contributed by atoms with van der Waals surface area (Å²) in [7, 11) is 0. The zero-order valence-corrected chi connectivity index (χ0v) is 10.4. The molecule has 1 atom stereocenters. The van der Waals surface area contributed by atoms with E-state index in [1.165, 1.54) is 12.2 Å². The van der Waals surface area contributed by atoms with Crippen LogP contribution in [0.15, 0.2) is 0 Å². The molecule has 16 heavy (non-hydrogen) atoms. The average Bonchev–Trinajstić information content (AvgIpc) is 2.31. The quantitative estimate of drug-likeness (QED) is 0.676. The van der Waals surface area contributed by atoms with Crippen molar-refractivity contribution in [1.29, 1.82) is 0 Å². The molecule has 0 aliphatic carbocycles. The summed E-state index contributed by atoms with van der Waals surface area (Å²) >= 11 is 1.94. The van der Waals surface area contributed by atoms with Crippen LogP contribution in [0.4, 0.5) is 4.79 Å². The molecule has 2 heterocycles. The summed E-state index contributed by atoms with van der Waals surface area (Å²) in [6.07, 6.45) is 4.45. The monoisotopic (exact) mass is 243 g/mol. The van der Waals surface area contributed by atoms with Crippen molar-refractivity contribution in [3.05, 3.63) is 0 Å². The number of thioether (sulfide) groups is 1. The van der Waals surface area contributed by atoms with Crippen LogP contribution in [-0.4, -0.2) is 42.7 Å². The number of urea groups is 1. The van der Waals surface area contributed by atoms with Gasteiger partial charge in [0.15, 0.2) is 0 Å². The first-order valence-corrected chi connectivity index (χ1v) is 7.35. The molecule has 0 saturated carbocycles. The molecule has 3 N–H and O–H groups in total. The maximum Gasteiger partial charge on any atom is 0.315 e. The fourth-order valence-corrected chi connectivity index (χ4v) is 3.31. The molecule has 0 radical (unpaired) electrons. The van der Waals surface area contributed by atoms with Crippen molar-refractivity contribution in [3.63, 3.8) is 0 Å². The third-order valence-electron chi connectivity index (χ3n) is 3.17. The normalized spacial score (nSPS) is 27.4. The summed E-state index contributed by atoms with van der Waals surface area (Å²) in [4.78, 5) is 11.7. The Hall–Kier alpha value is -0.420. The number of rotatable bonds is 2. The van der Waals surface area contributed by atoms with Crippen LogP contribution in [0.1, 0.15) is 25.7 Å². The molecule has 0 aromatic rings. The zero-order valence-electron chi connectivity index (χ0n) is 9.63. The van der Waals surface area contributed by atoms with Crippen LogP contribution in [0.2, 0.25) is 0 Å². The Kier molecular flexibility index (Phi) is 4.78. The van der Waals surface area contributed by atoms with Gasteiger partial charge in [0.1, 0.15) is 0 Å². The number of hydrogen-bond donors (Lipinski definition) is 3.